The van der Waals surface area contributed by atoms with Gasteiger partial charge in [-0.3, -0.25) is 4.99 Å². The topological polar surface area (TPSA) is 62.2 Å². The molecule has 2 heterocycles. The quantitative estimate of drug-likeness (QED) is 0.336. The van der Waals surface area contributed by atoms with Crippen LogP contribution in [0.2, 0.25) is 0 Å². The number of guanidine groups is 1. The molecule has 0 radical (unpaired) electrons. The molecule has 0 aromatic carbocycles. The first-order chi connectivity index (χ1) is 11.9. The summed E-state index contributed by atoms with van der Waals surface area (Å²) in [5.41, 5.74) is 1.28. The van der Waals surface area contributed by atoms with Crippen molar-refractivity contribution in [3.05, 3.63) is 32.2 Å². The van der Waals surface area contributed by atoms with Crippen LogP contribution in [0.15, 0.2) is 16.6 Å². The van der Waals surface area contributed by atoms with Crippen LogP contribution in [0.25, 0.3) is 0 Å². The second-order valence-corrected chi connectivity index (χ2v) is 9.19. The number of aliphatic imine (C=N–C) groups is 1. The molecular formula is C18H30IN5S2. The van der Waals surface area contributed by atoms with E-state index in [0.717, 1.165) is 43.4 Å². The van der Waals surface area contributed by atoms with E-state index in [0.29, 0.717) is 0 Å². The molecule has 0 fully saturated rings. The Bertz CT molecular complexity index is 688. The first kappa shape index (κ1) is 23.3. The van der Waals surface area contributed by atoms with Crippen molar-refractivity contribution >= 4 is 52.6 Å². The van der Waals surface area contributed by atoms with Crippen molar-refractivity contribution in [2.24, 2.45) is 4.99 Å². The summed E-state index contributed by atoms with van der Waals surface area (Å²) in [6.07, 6.45) is 3.73. The van der Waals surface area contributed by atoms with E-state index in [1.807, 2.05) is 6.20 Å². The zero-order chi connectivity index (χ0) is 18.3. The van der Waals surface area contributed by atoms with Crippen molar-refractivity contribution in [1.82, 2.24) is 20.6 Å². The van der Waals surface area contributed by atoms with Gasteiger partial charge in [0.15, 0.2) is 5.96 Å². The predicted molar refractivity (Wildman–Crippen MR) is 124 cm³/mol. The highest BCUT2D eigenvalue weighted by molar-refractivity contribution is 14.0. The molecule has 0 aliphatic rings. The van der Waals surface area contributed by atoms with Crippen LogP contribution in [0.5, 0.6) is 0 Å². The van der Waals surface area contributed by atoms with Crippen LogP contribution >= 0.6 is 46.7 Å². The molecule has 0 bridgehead atoms. The minimum absolute atomic E-state index is 0. The Morgan fingerprint density at radius 2 is 1.96 bits per heavy atom. The number of nitrogens with one attached hydrogen (secondary N) is 2. The zero-order valence-corrected chi connectivity index (χ0v) is 20.2. The van der Waals surface area contributed by atoms with Gasteiger partial charge < -0.3 is 10.6 Å². The molecule has 0 saturated carbocycles. The first-order valence-electron chi connectivity index (χ1n) is 8.77. The number of halogens is 1. The van der Waals surface area contributed by atoms with E-state index >= 15 is 0 Å². The molecule has 26 heavy (non-hydrogen) atoms. The predicted octanol–water partition coefficient (Wildman–Crippen LogP) is 4.16. The van der Waals surface area contributed by atoms with Crippen LogP contribution in [0.1, 0.15) is 48.3 Å². The summed E-state index contributed by atoms with van der Waals surface area (Å²) in [5, 5.41) is 11.2. The van der Waals surface area contributed by atoms with Gasteiger partial charge in [0.05, 0.1) is 15.7 Å². The molecule has 0 amide bonds. The highest BCUT2D eigenvalue weighted by Gasteiger charge is 2.17. The smallest absolute Gasteiger partial charge is 0.191 e. The van der Waals surface area contributed by atoms with Gasteiger partial charge in [-0.1, -0.05) is 20.8 Å². The number of aryl methyl sites for hydroxylation is 1. The molecule has 2 aromatic heterocycles. The van der Waals surface area contributed by atoms with Gasteiger partial charge in [0.25, 0.3) is 0 Å². The number of thiazole rings is 2. The standard InChI is InChI=1S/C18H29N5S2.HI/c1-6-19-17(20-9-7-15-22-11-13(2)25-15)21-10-8-16-23-14(12-24-16)18(3,4)5;/h11-12H,6-10H2,1-5H3,(H2,19,20,21);1H. The Balaban J connectivity index is 0.00000338. The highest BCUT2D eigenvalue weighted by Crippen LogP contribution is 2.24. The van der Waals surface area contributed by atoms with E-state index in [9.17, 15) is 0 Å². The van der Waals surface area contributed by atoms with Gasteiger partial charge in [0, 0.05) is 54.3 Å². The van der Waals surface area contributed by atoms with E-state index in [1.165, 1.54) is 15.6 Å². The molecule has 2 aromatic rings. The summed E-state index contributed by atoms with van der Waals surface area (Å²) < 4.78 is 0. The monoisotopic (exact) mass is 507 g/mol. The van der Waals surface area contributed by atoms with E-state index < -0.39 is 0 Å². The Labute approximate surface area is 182 Å². The van der Waals surface area contributed by atoms with E-state index in [-0.39, 0.29) is 29.4 Å². The third kappa shape index (κ3) is 7.87. The van der Waals surface area contributed by atoms with Crippen LogP contribution in [0, 0.1) is 6.92 Å². The summed E-state index contributed by atoms with van der Waals surface area (Å²) in [4.78, 5) is 15.0. The van der Waals surface area contributed by atoms with Gasteiger partial charge in [-0.2, -0.15) is 0 Å². The summed E-state index contributed by atoms with van der Waals surface area (Å²) in [5.74, 6) is 0.864. The van der Waals surface area contributed by atoms with Crippen molar-refractivity contribution in [2.75, 3.05) is 19.6 Å². The molecule has 2 rings (SSSR count). The van der Waals surface area contributed by atoms with Gasteiger partial charge in [-0.05, 0) is 13.8 Å². The van der Waals surface area contributed by atoms with Crippen LogP contribution < -0.4 is 10.6 Å². The first-order valence-corrected chi connectivity index (χ1v) is 10.5. The van der Waals surface area contributed by atoms with Crippen molar-refractivity contribution in [3.8, 4) is 0 Å². The molecule has 0 aliphatic carbocycles. The highest BCUT2D eigenvalue weighted by atomic mass is 127. The van der Waals surface area contributed by atoms with E-state index in [1.54, 1.807) is 22.7 Å². The fourth-order valence-electron chi connectivity index (χ4n) is 2.18. The molecule has 5 nitrogen and oxygen atoms in total. The number of hydrogen-bond donors (Lipinski definition) is 2. The average Bonchev–Trinajstić information content (AvgIpc) is 3.16. The Morgan fingerprint density at radius 1 is 1.19 bits per heavy atom. The van der Waals surface area contributed by atoms with Crippen molar-refractivity contribution in [1.29, 1.82) is 0 Å². The lowest BCUT2D eigenvalue weighted by molar-refractivity contribution is 0.571. The lowest BCUT2D eigenvalue weighted by atomic mass is 9.93. The Hall–Kier alpha value is -0.740. The normalized spacial score (nSPS) is 12.0. The molecule has 0 aliphatic heterocycles. The fraction of sp³-hybridized carbons (Fsp3) is 0.611. The van der Waals surface area contributed by atoms with E-state index in [2.05, 4.69) is 60.6 Å². The van der Waals surface area contributed by atoms with Crippen molar-refractivity contribution in [2.45, 2.75) is 52.9 Å². The second-order valence-electron chi connectivity index (χ2n) is 6.93. The lowest BCUT2D eigenvalue weighted by Crippen LogP contribution is -2.38. The van der Waals surface area contributed by atoms with Crippen LogP contribution in [0.3, 0.4) is 0 Å². The second kappa shape index (κ2) is 11.2. The molecular weight excluding hydrogens is 477 g/mol. The minimum Gasteiger partial charge on any atom is -0.357 e. The molecule has 0 unspecified atom stereocenters. The number of rotatable bonds is 7. The molecule has 0 spiro atoms. The molecule has 146 valence electrons. The summed E-state index contributed by atoms with van der Waals surface area (Å²) in [7, 11) is 0. The number of hydrogen-bond acceptors (Lipinski definition) is 5. The Morgan fingerprint density at radius 3 is 2.54 bits per heavy atom. The van der Waals surface area contributed by atoms with Crippen LogP contribution in [-0.4, -0.2) is 35.6 Å². The van der Waals surface area contributed by atoms with E-state index in [4.69, 9.17) is 4.98 Å². The minimum atomic E-state index is 0. The lowest BCUT2D eigenvalue weighted by Gasteiger charge is -2.14. The third-order valence-electron chi connectivity index (χ3n) is 3.56. The van der Waals surface area contributed by atoms with Crippen LogP contribution in [-0.2, 0) is 18.3 Å². The van der Waals surface area contributed by atoms with Gasteiger partial charge in [-0.15, -0.1) is 46.7 Å². The third-order valence-corrected chi connectivity index (χ3v) is 5.44. The molecule has 8 heteroatoms. The maximum Gasteiger partial charge on any atom is 0.191 e. The van der Waals surface area contributed by atoms with Gasteiger partial charge in [-0.25, -0.2) is 9.97 Å². The Kier molecular flexibility index (Phi) is 10.0. The van der Waals surface area contributed by atoms with Crippen molar-refractivity contribution in [3.63, 3.8) is 0 Å². The molecule has 0 saturated heterocycles. The number of nitrogens with zero attached hydrogens (tertiary/aromatic N) is 3. The van der Waals surface area contributed by atoms with Gasteiger partial charge >= 0.3 is 0 Å². The maximum absolute atomic E-state index is 4.73. The van der Waals surface area contributed by atoms with Gasteiger partial charge in [0.2, 0.25) is 0 Å². The zero-order valence-electron chi connectivity index (χ0n) is 16.3. The summed E-state index contributed by atoms with van der Waals surface area (Å²) in [6, 6.07) is 0. The maximum atomic E-state index is 4.73. The van der Waals surface area contributed by atoms with Crippen molar-refractivity contribution < 1.29 is 0 Å². The van der Waals surface area contributed by atoms with Gasteiger partial charge in [0.1, 0.15) is 0 Å². The fourth-order valence-corrected chi connectivity index (χ4v) is 3.98. The van der Waals surface area contributed by atoms with Crippen LogP contribution in [0.4, 0.5) is 0 Å². The summed E-state index contributed by atoms with van der Waals surface area (Å²) >= 11 is 3.48. The SMILES string of the molecule is CCNC(=NCCc1nc(C(C)(C)C)cs1)NCCc1ncc(C)s1.I. The largest absolute Gasteiger partial charge is 0.357 e. The average molecular weight is 508 g/mol. The molecule has 0 atom stereocenters. The molecule has 2 N–H and O–H groups in total. The summed E-state index contributed by atoms with van der Waals surface area (Å²) in [6.45, 7) is 13.2. The number of aromatic nitrogens is 2.